The molecule has 0 fully saturated rings. The molecule has 0 aromatic heterocycles. The number of benzene rings is 1. The highest BCUT2D eigenvalue weighted by atomic mass is 35.7. The van der Waals surface area contributed by atoms with Gasteiger partial charge >= 0.3 is 0 Å². The van der Waals surface area contributed by atoms with E-state index in [1.807, 2.05) is 0 Å². The highest BCUT2D eigenvalue weighted by Crippen LogP contribution is 2.28. The number of phenolic OH excluding ortho intramolecular Hbond substituents is 1. The largest absolute Gasteiger partial charge is 0.508 e. The van der Waals surface area contributed by atoms with Crippen LogP contribution < -0.4 is 0 Å². The summed E-state index contributed by atoms with van der Waals surface area (Å²) in [6.45, 7) is 0. The summed E-state index contributed by atoms with van der Waals surface area (Å²) in [4.78, 5) is 0. The van der Waals surface area contributed by atoms with Crippen molar-refractivity contribution in [3.05, 3.63) is 29.8 Å². The molecular weight excluding hydrogens is 219 g/mol. The molecule has 0 aliphatic heterocycles. The highest BCUT2D eigenvalue weighted by Gasteiger charge is 2.24. The van der Waals surface area contributed by atoms with Crippen LogP contribution in [0.3, 0.4) is 0 Å². The number of hydrogen-bond acceptors (Lipinski definition) is 3. The maximum absolute atomic E-state index is 13.0. The molecular formula is C7H6ClFO3S. The van der Waals surface area contributed by atoms with Crippen LogP contribution in [0.5, 0.6) is 5.75 Å². The summed E-state index contributed by atoms with van der Waals surface area (Å²) >= 11 is 0. The molecule has 0 heterocycles. The molecule has 0 bridgehead atoms. The van der Waals surface area contributed by atoms with Gasteiger partial charge in [0.1, 0.15) is 5.75 Å². The lowest BCUT2D eigenvalue weighted by Gasteiger charge is -2.04. The predicted molar refractivity (Wildman–Crippen MR) is 46.7 cm³/mol. The minimum atomic E-state index is -4.28. The Morgan fingerprint density at radius 2 is 2.08 bits per heavy atom. The fourth-order valence-electron chi connectivity index (χ4n) is 0.829. The van der Waals surface area contributed by atoms with Crippen LogP contribution in [0.15, 0.2) is 24.3 Å². The Morgan fingerprint density at radius 1 is 1.46 bits per heavy atom. The van der Waals surface area contributed by atoms with Crippen molar-refractivity contribution in [2.24, 2.45) is 0 Å². The molecule has 1 atom stereocenters. The summed E-state index contributed by atoms with van der Waals surface area (Å²) in [5, 5.41) is 8.92. The standard InChI is InChI=1S/C7H6ClFO3S/c8-13(11,12)7(9)5-2-1-3-6(10)4-5/h1-4,7,10H. The fraction of sp³-hybridized carbons (Fsp3) is 0.143. The van der Waals surface area contributed by atoms with Crippen molar-refractivity contribution in [1.82, 2.24) is 0 Å². The lowest BCUT2D eigenvalue weighted by atomic mass is 10.2. The highest BCUT2D eigenvalue weighted by molar-refractivity contribution is 8.13. The van der Waals surface area contributed by atoms with Gasteiger partial charge in [0.15, 0.2) is 0 Å². The van der Waals surface area contributed by atoms with Crippen molar-refractivity contribution in [2.45, 2.75) is 5.50 Å². The van der Waals surface area contributed by atoms with E-state index in [0.717, 1.165) is 6.07 Å². The molecule has 13 heavy (non-hydrogen) atoms. The third-order valence-electron chi connectivity index (χ3n) is 1.38. The second kappa shape index (κ2) is 3.51. The van der Waals surface area contributed by atoms with Crippen molar-refractivity contribution in [2.75, 3.05) is 0 Å². The molecule has 0 aliphatic carbocycles. The molecule has 0 radical (unpaired) electrons. The molecule has 0 saturated heterocycles. The third kappa shape index (κ3) is 2.57. The average molecular weight is 225 g/mol. The van der Waals surface area contributed by atoms with Crippen LogP contribution in [-0.4, -0.2) is 13.5 Å². The Hall–Kier alpha value is -0.810. The van der Waals surface area contributed by atoms with Gasteiger partial charge in [0.05, 0.1) is 0 Å². The van der Waals surface area contributed by atoms with Gasteiger partial charge in [-0.05, 0) is 12.1 Å². The second-order valence-corrected chi connectivity index (χ2v) is 5.04. The van der Waals surface area contributed by atoms with Crippen LogP contribution in [0.1, 0.15) is 11.1 Å². The van der Waals surface area contributed by atoms with Crippen LogP contribution in [0, 0.1) is 0 Å². The Balaban J connectivity index is 3.10. The first-order valence-corrected chi connectivity index (χ1v) is 5.65. The van der Waals surface area contributed by atoms with Gasteiger partial charge < -0.3 is 5.11 Å². The van der Waals surface area contributed by atoms with Crippen LogP contribution in [0.4, 0.5) is 4.39 Å². The quantitative estimate of drug-likeness (QED) is 0.781. The molecule has 0 amide bonds. The molecule has 1 aromatic carbocycles. The van der Waals surface area contributed by atoms with Crippen molar-refractivity contribution in [3.63, 3.8) is 0 Å². The molecule has 1 N–H and O–H groups in total. The van der Waals surface area contributed by atoms with Gasteiger partial charge in [-0.15, -0.1) is 0 Å². The minimum Gasteiger partial charge on any atom is -0.508 e. The van der Waals surface area contributed by atoms with Crippen molar-refractivity contribution >= 4 is 19.7 Å². The smallest absolute Gasteiger partial charge is 0.269 e. The van der Waals surface area contributed by atoms with Crippen molar-refractivity contribution in [3.8, 4) is 5.75 Å². The van der Waals surface area contributed by atoms with Gasteiger partial charge in [0.2, 0.25) is 5.50 Å². The Morgan fingerprint density at radius 3 is 2.54 bits per heavy atom. The van der Waals surface area contributed by atoms with E-state index in [-0.39, 0.29) is 11.3 Å². The number of aromatic hydroxyl groups is 1. The van der Waals surface area contributed by atoms with E-state index in [4.69, 9.17) is 15.8 Å². The van der Waals surface area contributed by atoms with Crippen LogP contribution in [-0.2, 0) is 9.05 Å². The first-order chi connectivity index (χ1) is 5.91. The zero-order chi connectivity index (χ0) is 10.1. The first kappa shape index (κ1) is 10.3. The predicted octanol–water partition coefficient (Wildman–Crippen LogP) is 1.93. The molecule has 6 heteroatoms. The number of alkyl halides is 1. The topological polar surface area (TPSA) is 54.4 Å². The summed E-state index contributed by atoms with van der Waals surface area (Å²) in [6.07, 6.45) is 0. The maximum Gasteiger partial charge on any atom is 0.269 e. The summed E-state index contributed by atoms with van der Waals surface area (Å²) in [7, 11) is 0.508. The molecule has 1 aromatic rings. The molecule has 3 nitrogen and oxygen atoms in total. The van der Waals surface area contributed by atoms with Gasteiger partial charge in [-0.1, -0.05) is 12.1 Å². The number of rotatable bonds is 2. The van der Waals surface area contributed by atoms with Crippen LogP contribution >= 0.6 is 10.7 Å². The van der Waals surface area contributed by atoms with Crippen molar-refractivity contribution < 1.29 is 17.9 Å². The van der Waals surface area contributed by atoms with Gasteiger partial charge in [-0.2, -0.15) is 0 Å². The monoisotopic (exact) mass is 224 g/mol. The normalized spacial score (nSPS) is 14.0. The Bertz CT molecular complexity index is 404. The number of halogens is 2. The molecule has 1 unspecified atom stereocenters. The van der Waals surface area contributed by atoms with E-state index in [1.54, 1.807) is 0 Å². The van der Waals surface area contributed by atoms with Crippen LogP contribution in [0.25, 0.3) is 0 Å². The minimum absolute atomic E-state index is 0.185. The summed E-state index contributed by atoms with van der Waals surface area (Å²) in [5.41, 5.74) is -2.49. The number of phenols is 1. The molecule has 1 rings (SSSR count). The average Bonchev–Trinajstić information content (AvgIpc) is 2.01. The maximum atomic E-state index is 13.0. The van der Waals surface area contributed by atoms with Gasteiger partial charge in [-0.25, -0.2) is 12.8 Å². The summed E-state index contributed by atoms with van der Waals surface area (Å²) in [6, 6.07) is 4.87. The zero-order valence-corrected chi connectivity index (χ0v) is 7.89. The fourth-order valence-corrected chi connectivity index (χ4v) is 1.61. The van der Waals surface area contributed by atoms with E-state index in [1.165, 1.54) is 18.2 Å². The van der Waals surface area contributed by atoms with E-state index in [0.29, 0.717) is 0 Å². The molecule has 72 valence electrons. The van der Waals surface area contributed by atoms with E-state index in [2.05, 4.69) is 0 Å². The molecule has 0 saturated carbocycles. The third-order valence-corrected chi connectivity index (χ3v) is 2.62. The SMILES string of the molecule is O=S(=O)(Cl)C(F)c1cccc(O)c1. The van der Waals surface area contributed by atoms with E-state index in [9.17, 15) is 12.8 Å². The zero-order valence-electron chi connectivity index (χ0n) is 6.31. The van der Waals surface area contributed by atoms with E-state index < -0.39 is 14.6 Å². The van der Waals surface area contributed by atoms with Gasteiger partial charge in [0.25, 0.3) is 9.05 Å². The van der Waals surface area contributed by atoms with Gasteiger partial charge in [-0.3, -0.25) is 0 Å². The van der Waals surface area contributed by atoms with Gasteiger partial charge in [0, 0.05) is 16.2 Å². The molecule has 0 aliphatic rings. The van der Waals surface area contributed by atoms with Crippen molar-refractivity contribution in [1.29, 1.82) is 0 Å². The van der Waals surface area contributed by atoms with Crippen LogP contribution in [0.2, 0.25) is 0 Å². The lowest BCUT2D eigenvalue weighted by molar-refractivity contribution is 0.433. The Kier molecular flexibility index (Phi) is 2.77. The summed E-state index contributed by atoms with van der Waals surface area (Å²) < 4.78 is 34.1. The summed E-state index contributed by atoms with van der Waals surface area (Å²) in [5.74, 6) is -0.208. The Labute approximate surface area is 79.2 Å². The molecule has 0 spiro atoms. The van der Waals surface area contributed by atoms with E-state index >= 15 is 0 Å². The number of hydrogen-bond donors (Lipinski definition) is 1. The second-order valence-electron chi connectivity index (χ2n) is 2.39. The lowest BCUT2D eigenvalue weighted by Crippen LogP contribution is -2.00. The first-order valence-electron chi connectivity index (χ1n) is 3.28.